The minimum atomic E-state index is 0.873. The molecule has 0 amide bonds. The lowest BCUT2D eigenvalue weighted by molar-refractivity contribution is 1.13. The second kappa shape index (κ2) is 5.96. The molecule has 94 valence electrons. The molecule has 0 aliphatic heterocycles. The van der Waals surface area contributed by atoms with E-state index in [0.717, 1.165) is 6.54 Å². The lowest BCUT2D eigenvalue weighted by Crippen LogP contribution is -1.99. The molecule has 2 rings (SSSR count). The molecule has 0 aliphatic carbocycles. The summed E-state index contributed by atoms with van der Waals surface area (Å²) >= 11 is 1.78. The third-order valence-electron chi connectivity index (χ3n) is 2.88. The third kappa shape index (κ3) is 3.54. The highest BCUT2D eigenvalue weighted by atomic mass is 32.2. The molecule has 0 bridgehead atoms. The van der Waals surface area contributed by atoms with Crippen molar-refractivity contribution in [3.8, 4) is 0 Å². The van der Waals surface area contributed by atoms with Crippen LogP contribution in [-0.2, 0) is 6.54 Å². The van der Waals surface area contributed by atoms with Gasteiger partial charge >= 0.3 is 0 Å². The number of hydrogen-bond acceptors (Lipinski definition) is 2. The first-order chi connectivity index (χ1) is 8.67. The van der Waals surface area contributed by atoms with Gasteiger partial charge in [0.25, 0.3) is 0 Å². The van der Waals surface area contributed by atoms with E-state index >= 15 is 0 Å². The van der Waals surface area contributed by atoms with E-state index < -0.39 is 0 Å². The minimum Gasteiger partial charge on any atom is -0.381 e. The van der Waals surface area contributed by atoms with Gasteiger partial charge in [-0.15, -0.1) is 11.8 Å². The third-order valence-corrected chi connectivity index (χ3v) is 3.62. The first kappa shape index (κ1) is 13.0. The molecule has 2 aromatic carbocycles. The lowest BCUT2D eigenvalue weighted by Gasteiger charge is -2.09. The molecule has 2 heteroatoms. The summed E-state index contributed by atoms with van der Waals surface area (Å²) in [6.07, 6.45) is 2.10. The Bertz CT molecular complexity index is 497. The van der Waals surface area contributed by atoms with E-state index in [2.05, 4.69) is 67.9 Å². The fraction of sp³-hybridized carbons (Fsp3) is 0.250. The number of rotatable bonds is 4. The summed E-state index contributed by atoms with van der Waals surface area (Å²) in [6, 6.07) is 15.3. The SMILES string of the molecule is CSc1ccc(CNc2cc(C)cc(C)c2)cc1. The molecule has 0 aliphatic rings. The summed E-state index contributed by atoms with van der Waals surface area (Å²) < 4.78 is 0. The summed E-state index contributed by atoms with van der Waals surface area (Å²) in [6.45, 7) is 5.13. The van der Waals surface area contributed by atoms with E-state index in [1.165, 1.54) is 27.3 Å². The molecular formula is C16H19NS. The van der Waals surface area contributed by atoms with Crippen molar-refractivity contribution in [3.63, 3.8) is 0 Å². The Kier molecular flexibility index (Phi) is 4.32. The van der Waals surface area contributed by atoms with Crippen molar-refractivity contribution < 1.29 is 0 Å². The van der Waals surface area contributed by atoms with Crippen LogP contribution < -0.4 is 5.32 Å². The van der Waals surface area contributed by atoms with Gasteiger partial charge in [0.15, 0.2) is 0 Å². The average molecular weight is 257 g/mol. The van der Waals surface area contributed by atoms with Crippen molar-refractivity contribution in [3.05, 3.63) is 59.2 Å². The Morgan fingerprint density at radius 1 is 0.944 bits per heavy atom. The number of aryl methyl sites for hydroxylation is 2. The highest BCUT2D eigenvalue weighted by molar-refractivity contribution is 7.98. The van der Waals surface area contributed by atoms with Crippen molar-refractivity contribution in [2.75, 3.05) is 11.6 Å². The van der Waals surface area contributed by atoms with E-state index in [9.17, 15) is 0 Å². The first-order valence-electron chi connectivity index (χ1n) is 6.12. The predicted octanol–water partition coefficient (Wildman–Crippen LogP) is 4.64. The molecule has 1 nitrogen and oxygen atoms in total. The van der Waals surface area contributed by atoms with Gasteiger partial charge in [-0.3, -0.25) is 0 Å². The zero-order valence-corrected chi connectivity index (χ0v) is 12.0. The van der Waals surface area contributed by atoms with Crippen LogP contribution in [-0.4, -0.2) is 6.26 Å². The standard InChI is InChI=1S/C16H19NS/c1-12-8-13(2)10-15(9-12)17-11-14-4-6-16(18-3)7-5-14/h4-10,17H,11H2,1-3H3. The van der Waals surface area contributed by atoms with Crippen LogP contribution in [0.3, 0.4) is 0 Å². The Labute approximate surface area is 114 Å². The molecule has 0 heterocycles. The number of hydrogen-bond donors (Lipinski definition) is 1. The fourth-order valence-electron chi connectivity index (χ4n) is 2.02. The van der Waals surface area contributed by atoms with Gasteiger partial charge in [-0.2, -0.15) is 0 Å². The molecule has 2 aromatic rings. The van der Waals surface area contributed by atoms with Crippen molar-refractivity contribution in [1.29, 1.82) is 0 Å². The lowest BCUT2D eigenvalue weighted by atomic mass is 10.1. The summed E-state index contributed by atoms with van der Waals surface area (Å²) in [7, 11) is 0. The Morgan fingerprint density at radius 3 is 2.11 bits per heavy atom. The van der Waals surface area contributed by atoms with Gasteiger partial charge in [0, 0.05) is 17.1 Å². The van der Waals surface area contributed by atoms with Crippen LogP contribution in [0.1, 0.15) is 16.7 Å². The van der Waals surface area contributed by atoms with E-state index in [1.807, 2.05) is 0 Å². The van der Waals surface area contributed by atoms with Crippen LogP contribution >= 0.6 is 11.8 Å². The zero-order chi connectivity index (χ0) is 13.0. The predicted molar refractivity (Wildman–Crippen MR) is 81.5 cm³/mol. The van der Waals surface area contributed by atoms with E-state index in [-0.39, 0.29) is 0 Å². The molecule has 18 heavy (non-hydrogen) atoms. The smallest absolute Gasteiger partial charge is 0.0400 e. The van der Waals surface area contributed by atoms with Gasteiger partial charge < -0.3 is 5.32 Å². The molecule has 0 fully saturated rings. The highest BCUT2D eigenvalue weighted by Gasteiger charge is 1.97. The van der Waals surface area contributed by atoms with Crippen LogP contribution in [0.5, 0.6) is 0 Å². The summed E-state index contributed by atoms with van der Waals surface area (Å²) in [5, 5.41) is 3.47. The van der Waals surface area contributed by atoms with Gasteiger partial charge in [0.05, 0.1) is 0 Å². The normalized spacial score (nSPS) is 10.4. The number of anilines is 1. The fourth-order valence-corrected chi connectivity index (χ4v) is 2.43. The monoisotopic (exact) mass is 257 g/mol. The maximum atomic E-state index is 3.47. The van der Waals surface area contributed by atoms with E-state index in [0.29, 0.717) is 0 Å². The maximum absolute atomic E-state index is 3.47. The van der Waals surface area contributed by atoms with Crippen LogP contribution in [0.2, 0.25) is 0 Å². The molecule has 0 saturated carbocycles. The van der Waals surface area contributed by atoms with E-state index in [1.54, 1.807) is 11.8 Å². The number of nitrogens with one attached hydrogen (secondary N) is 1. The summed E-state index contributed by atoms with van der Waals surface area (Å²) in [4.78, 5) is 1.31. The maximum Gasteiger partial charge on any atom is 0.0400 e. The Balaban J connectivity index is 2.01. The summed E-state index contributed by atoms with van der Waals surface area (Å²) in [5.74, 6) is 0. The molecule has 0 radical (unpaired) electrons. The van der Waals surface area contributed by atoms with Gasteiger partial charge in [-0.1, -0.05) is 18.2 Å². The summed E-state index contributed by atoms with van der Waals surface area (Å²) in [5.41, 5.74) is 5.11. The van der Waals surface area contributed by atoms with Crippen molar-refractivity contribution >= 4 is 17.4 Å². The number of benzene rings is 2. The van der Waals surface area contributed by atoms with Gasteiger partial charge in [0.2, 0.25) is 0 Å². The van der Waals surface area contributed by atoms with E-state index in [4.69, 9.17) is 0 Å². The van der Waals surface area contributed by atoms with Crippen molar-refractivity contribution in [2.45, 2.75) is 25.3 Å². The average Bonchev–Trinajstić information content (AvgIpc) is 2.36. The zero-order valence-electron chi connectivity index (χ0n) is 11.2. The number of thioether (sulfide) groups is 1. The molecule has 0 atom stereocenters. The quantitative estimate of drug-likeness (QED) is 0.801. The molecular weight excluding hydrogens is 238 g/mol. The first-order valence-corrected chi connectivity index (χ1v) is 7.35. The molecule has 0 aromatic heterocycles. The highest BCUT2D eigenvalue weighted by Crippen LogP contribution is 2.17. The van der Waals surface area contributed by atoms with Gasteiger partial charge in [-0.05, 0) is 61.1 Å². The van der Waals surface area contributed by atoms with Gasteiger partial charge in [0.1, 0.15) is 0 Å². The van der Waals surface area contributed by atoms with Crippen molar-refractivity contribution in [2.24, 2.45) is 0 Å². The Hall–Kier alpha value is -1.41. The second-order valence-corrected chi connectivity index (χ2v) is 5.46. The minimum absolute atomic E-state index is 0.873. The molecule has 0 saturated heterocycles. The molecule has 0 unspecified atom stereocenters. The van der Waals surface area contributed by atoms with Gasteiger partial charge in [-0.25, -0.2) is 0 Å². The Morgan fingerprint density at radius 2 is 1.56 bits per heavy atom. The topological polar surface area (TPSA) is 12.0 Å². The van der Waals surface area contributed by atoms with Crippen LogP contribution in [0.4, 0.5) is 5.69 Å². The molecule has 1 N–H and O–H groups in total. The van der Waals surface area contributed by atoms with Crippen LogP contribution in [0.15, 0.2) is 47.4 Å². The van der Waals surface area contributed by atoms with Crippen molar-refractivity contribution in [1.82, 2.24) is 0 Å². The van der Waals surface area contributed by atoms with Crippen LogP contribution in [0.25, 0.3) is 0 Å². The largest absolute Gasteiger partial charge is 0.381 e. The molecule has 0 spiro atoms. The van der Waals surface area contributed by atoms with Crippen LogP contribution in [0, 0.1) is 13.8 Å². The second-order valence-electron chi connectivity index (χ2n) is 4.58.